The van der Waals surface area contributed by atoms with Gasteiger partial charge in [-0.25, -0.2) is 9.78 Å². The predicted molar refractivity (Wildman–Crippen MR) is 81.7 cm³/mol. The Bertz CT molecular complexity index is 912. The van der Waals surface area contributed by atoms with Gasteiger partial charge >= 0.3 is 5.97 Å². The number of pyridine rings is 1. The molecule has 21 heavy (non-hydrogen) atoms. The number of benzene rings is 2. The lowest BCUT2D eigenvalue weighted by Crippen LogP contribution is -2.05. The van der Waals surface area contributed by atoms with Crippen LogP contribution in [0, 0.1) is 6.92 Å². The minimum absolute atomic E-state index is 0.398. The van der Waals surface area contributed by atoms with E-state index in [0.29, 0.717) is 12.0 Å². The molecule has 0 bridgehead atoms. The Morgan fingerprint density at radius 3 is 2.76 bits per heavy atom. The van der Waals surface area contributed by atoms with Gasteiger partial charge in [0.25, 0.3) is 0 Å². The van der Waals surface area contributed by atoms with Gasteiger partial charge in [-0.15, -0.1) is 0 Å². The van der Waals surface area contributed by atoms with Crippen LogP contribution in [0.15, 0.2) is 42.5 Å². The predicted octanol–water partition coefficient (Wildman–Crippen LogP) is 3.81. The number of carbonyl (C=O) groups is 1. The molecule has 0 saturated heterocycles. The summed E-state index contributed by atoms with van der Waals surface area (Å²) >= 11 is 0. The molecule has 1 heterocycles. The molecule has 1 aliphatic carbocycles. The van der Waals surface area contributed by atoms with Crippen molar-refractivity contribution in [1.82, 2.24) is 4.98 Å². The van der Waals surface area contributed by atoms with E-state index in [-0.39, 0.29) is 0 Å². The number of carboxylic acids is 1. The van der Waals surface area contributed by atoms with Gasteiger partial charge in [-0.1, -0.05) is 42.5 Å². The number of aromatic carboxylic acids is 1. The van der Waals surface area contributed by atoms with Crippen LogP contribution in [0.25, 0.3) is 22.2 Å². The normalized spacial score (nSPS) is 12.2. The van der Waals surface area contributed by atoms with Crippen molar-refractivity contribution in [1.29, 1.82) is 0 Å². The average molecular weight is 275 g/mol. The quantitative estimate of drug-likeness (QED) is 0.574. The number of aryl methyl sites for hydroxylation is 1. The number of rotatable bonds is 1. The Morgan fingerprint density at radius 1 is 1.14 bits per heavy atom. The summed E-state index contributed by atoms with van der Waals surface area (Å²) in [5.41, 5.74) is 6.05. The highest BCUT2D eigenvalue weighted by atomic mass is 16.4. The Morgan fingerprint density at radius 2 is 1.95 bits per heavy atom. The first kappa shape index (κ1) is 12.1. The monoisotopic (exact) mass is 275 g/mol. The molecule has 0 spiro atoms. The van der Waals surface area contributed by atoms with Crippen LogP contribution in [-0.4, -0.2) is 16.1 Å². The molecule has 3 nitrogen and oxygen atoms in total. The van der Waals surface area contributed by atoms with Crippen molar-refractivity contribution in [3.05, 3.63) is 64.7 Å². The lowest BCUT2D eigenvalue weighted by molar-refractivity contribution is 0.0698. The standard InChI is InChI=1S/C18H13NO2/c1-10-5-4-8-13-15(18(20)21)14-9-11-6-2-3-7-12(11)17(14)19-16(10)13/h2-8H,9H2,1H3,(H,20,21). The minimum atomic E-state index is -0.878. The number of para-hydroxylation sites is 1. The summed E-state index contributed by atoms with van der Waals surface area (Å²) < 4.78 is 0. The SMILES string of the molecule is Cc1cccc2c(C(=O)O)c3c(nc12)-c1ccccc1C3. The Kier molecular flexibility index (Phi) is 2.39. The van der Waals surface area contributed by atoms with Crippen LogP contribution in [0.2, 0.25) is 0 Å². The van der Waals surface area contributed by atoms with Gasteiger partial charge < -0.3 is 5.11 Å². The zero-order chi connectivity index (χ0) is 14.6. The Labute approximate surface area is 121 Å². The van der Waals surface area contributed by atoms with Gasteiger partial charge in [-0.05, 0) is 23.6 Å². The van der Waals surface area contributed by atoms with Gasteiger partial charge in [0.2, 0.25) is 0 Å². The molecule has 0 saturated carbocycles. The molecule has 4 rings (SSSR count). The zero-order valence-corrected chi connectivity index (χ0v) is 11.6. The van der Waals surface area contributed by atoms with E-state index in [1.54, 1.807) is 0 Å². The van der Waals surface area contributed by atoms with E-state index in [0.717, 1.165) is 38.9 Å². The van der Waals surface area contributed by atoms with Gasteiger partial charge in [-0.3, -0.25) is 0 Å². The second kappa shape index (κ2) is 4.16. The molecule has 0 fully saturated rings. The minimum Gasteiger partial charge on any atom is -0.478 e. The molecule has 0 radical (unpaired) electrons. The number of fused-ring (bicyclic) bond motifs is 4. The van der Waals surface area contributed by atoms with Crippen LogP contribution in [0.1, 0.15) is 27.0 Å². The maximum atomic E-state index is 11.8. The molecular weight excluding hydrogens is 262 g/mol. The average Bonchev–Trinajstić information content (AvgIpc) is 2.83. The first-order valence-electron chi connectivity index (χ1n) is 6.90. The van der Waals surface area contributed by atoms with Crippen molar-refractivity contribution in [2.45, 2.75) is 13.3 Å². The van der Waals surface area contributed by atoms with Crippen molar-refractivity contribution in [3.63, 3.8) is 0 Å². The highest BCUT2D eigenvalue weighted by Gasteiger charge is 2.27. The maximum Gasteiger partial charge on any atom is 0.336 e. The molecule has 3 aromatic rings. The summed E-state index contributed by atoms with van der Waals surface area (Å²) in [5.74, 6) is -0.878. The van der Waals surface area contributed by atoms with E-state index in [9.17, 15) is 9.90 Å². The molecule has 2 aromatic carbocycles. The molecule has 3 heteroatoms. The van der Waals surface area contributed by atoms with Gasteiger partial charge in [0.05, 0.1) is 16.8 Å². The van der Waals surface area contributed by atoms with E-state index in [4.69, 9.17) is 4.98 Å². The molecule has 0 aliphatic heterocycles. The Balaban J connectivity index is 2.18. The summed E-state index contributed by atoms with van der Waals surface area (Å²) in [7, 11) is 0. The number of hydrogen-bond donors (Lipinski definition) is 1. The smallest absolute Gasteiger partial charge is 0.336 e. The summed E-state index contributed by atoms with van der Waals surface area (Å²) in [5, 5.41) is 10.4. The largest absolute Gasteiger partial charge is 0.478 e. The zero-order valence-electron chi connectivity index (χ0n) is 11.6. The summed E-state index contributed by atoms with van der Waals surface area (Å²) in [6, 6.07) is 13.7. The van der Waals surface area contributed by atoms with E-state index in [2.05, 4.69) is 0 Å². The molecule has 1 aliphatic rings. The van der Waals surface area contributed by atoms with Crippen molar-refractivity contribution in [2.75, 3.05) is 0 Å². The third-order valence-electron chi connectivity index (χ3n) is 4.17. The third-order valence-corrected chi connectivity index (χ3v) is 4.17. The van der Waals surface area contributed by atoms with E-state index in [1.807, 2.05) is 49.4 Å². The molecule has 102 valence electrons. The van der Waals surface area contributed by atoms with Crippen LogP contribution in [0.3, 0.4) is 0 Å². The first-order chi connectivity index (χ1) is 10.2. The number of carboxylic acid groups (broad SMARTS) is 1. The fraction of sp³-hybridized carbons (Fsp3) is 0.111. The van der Waals surface area contributed by atoms with Crippen LogP contribution in [-0.2, 0) is 6.42 Å². The molecule has 0 amide bonds. The summed E-state index contributed by atoms with van der Waals surface area (Å²) in [4.78, 5) is 16.6. The van der Waals surface area contributed by atoms with E-state index >= 15 is 0 Å². The molecule has 0 atom stereocenters. The number of aromatic nitrogens is 1. The van der Waals surface area contributed by atoms with Crippen LogP contribution in [0.4, 0.5) is 0 Å². The fourth-order valence-electron chi connectivity index (χ4n) is 3.20. The topological polar surface area (TPSA) is 50.2 Å². The van der Waals surface area contributed by atoms with Crippen LogP contribution < -0.4 is 0 Å². The number of nitrogens with zero attached hydrogens (tertiary/aromatic N) is 1. The Hall–Kier alpha value is -2.68. The summed E-state index contributed by atoms with van der Waals surface area (Å²) in [6.45, 7) is 1.97. The van der Waals surface area contributed by atoms with Crippen molar-refractivity contribution in [2.24, 2.45) is 0 Å². The van der Waals surface area contributed by atoms with Gasteiger partial charge in [-0.2, -0.15) is 0 Å². The first-order valence-corrected chi connectivity index (χ1v) is 6.90. The second-order valence-corrected chi connectivity index (χ2v) is 5.42. The lowest BCUT2D eigenvalue weighted by atomic mass is 9.98. The van der Waals surface area contributed by atoms with Crippen LogP contribution >= 0.6 is 0 Å². The van der Waals surface area contributed by atoms with Gasteiger partial charge in [0.15, 0.2) is 0 Å². The molecule has 1 aromatic heterocycles. The second-order valence-electron chi connectivity index (χ2n) is 5.42. The van der Waals surface area contributed by atoms with E-state index < -0.39 is 5.97 Å². The van der Waals surface area contributed by atoms with Gasteiger partial charge in [0, 0.05) is 17.4 Å². The number of hydrogen-bond acceptors (Lipinski definition) is 2. The van der Waals surface area contributed by atoms with Crippen molar-refractivity contribution >= 4 is 16.9 Å². The van der Waals surface area contributed by atoms with Crippen LogP contribution in [0.5, 0.6) is 0 Å². The third kappa shape index (κ3) is 1.61. The van der Waals surface area contributed by atoms with E-state index in [1.165, 1.54) is 0 Å². The highest BCUT2D eigenvalue weighted by Crippen LogP contribution is 2.39. The maximum absolute atomic E-state index is 11.8. The molecule has 0 unspecified atom stereocenters. The van der Waals surface area contributed by atoms with Crippen molar-refractivity contribution < 1.29 is 9.90 Å². The van der Waals surface area contributed by atoms with Gasteiger partial charge in [0.1, 0.15) is 0 Å². The molecule has 1 N–H and O–H groups in total. The van der Waals surface area contributed by atoms with Crippen molar-refractivity contribution in [3.8, 4) is 11.3 Å². The molecular formula is C18H13NO2. The lowest BCUT2D eigenvalue weighted by Gasteiger charge is -2.10. The highest BCUT2D eigenvalue weighted by molar-refractivity contribution is 6.07. The fourth-order valence-corrected chi connectivity index (χ4v) is 3.20. The summed E-state index contributed by atoms with van der Waals surface area (Å²) in [6.07, 6.45) is 0.643.